The molecule has 0 N–H and O–H groups in total. The monoisotopic (exact) mass is 419 g/mol. The van der Waals surface area contributed by atoms with Gasteiger partial charge in [-0.15, -0.1) is 15.5 Å². The lowest BCUT2D eigenvalue weighted by molar-refractivity contribution is 0.459. The van der Waals surface area contributed by atoms with Crippen molar-refractivity contribution in [2.24, 2.45) is 0 Å². The molecule has 22 heavy (non-hydrogen) atoms. The van der Waals surface area contributed by atoms with E-state index >= 15 is 0 Å². The lowest BCUT2D eigenvalue weighted by atomic mass is 10.2. The van der Waals surface area contributed by atoms with Gasteiger partial charge < -0.3 is 0 Å². The zero-order chi connectivity index (χ0) is 16.7. The number of halogens is 7. The molecule has 0 spiro atoms. The molecule has 0 bridgehead atoms. The van der Waals surface area contributed by atoms with Crippen molar-refractivity contribution in [3.05, 3.63) is 63.9 Å². The Hall–Kier alpha value is -1.12. The lowest BCUT2D eigenvalue weighted by Crippen LogP contribution is -2.12. The summed E-state index contributed by atoms with van der Waals surface area (Å²) < 4.78 is 69.9. The van der Waals surface area contributed by atoms with E-state index in [2.05, 4.69) is 20.9 Å². The molecule has 0 aliphatic rings. The van der Waals surface area contributed by atoms with Gasteiger partial charge in [0, 0.05) is 10.7 Å². The van der Waals surface area contributed by atoms with Gasteiger partial charge in [-0.1, -0.05) is 23.7 Å². The van der Waals surface area contributed by atoms with E-state index in [0.717, 1.165) is 30.5 Å². The normalized spacial score (nSPS) is 16.0. The van der Waals surface area contributed by atoms with Gasteiger partial charge in [-0.25, -0.2) is 9.37 Å². The molecule has 2 rings (SSSR count). The van der Waals surface area contributed by atoms with Gasteiger partial charge in [-0.2, -0.15) is 0 Å². The molecule has 2 aromatic rings. The maximum atomic E-state index is 14.2. The second kappa shape index (κ2) is 4.94. The van der Waals surface area contributed by atoms with Crippen molar-refractivity contribution in [1.29, 1.82) is 0 Å². The molecule has 0 fully saturated rings. The predicted molar refractivity (Wildman–Crippen MR) is 82.5 cm³/mol. The first kappa shape index (κ1) is 17.2. The fourth-order valence-corrected chi connectivity index (χ4v) is 3.78. The van der Waals surface area contributed by atoms with Gasteiger partial charge in [0.1, 0.15) is 5.82 Å². The smallest absolute Gasteiger partial charge is 0.220 e. The van der Waals surface area contributed by atoms with Crippen molar-refractivity contribution in [1.82, 2.24) is 4.98 Å². The van der Waals surface area contributed by atoms with Gasteiger partial charge >= 0.3 is 0 Å². The van der Waals surface area contributed by atoms with Crippen LogP contribution in [0.15, 0.2) is 57.5 Å². The van der Waals surface area contributed by atoms with E-state index in [1.54, 1.807) is 0 Å². The van der Waals surface area contributed by atoms with E-state index in [1.807, 2.05) is 0 Å². The van der Waals surface area contributed by atoms with Gasteiger partial charge in [-0.05, 0) is 45.8 Å². The number of hydrogen-bond acceptors (Lipinski definition) is 1. The maximum Gasteiger partial charge on any atom is 0.220 e. The molecule has 0 aliphatic heterocycles. The SMILES string of the molecule is Fc1cccc(/C(Cl)=C\S(F)(F)(F)(F)c2ccc(Br)cn2)c1. The zero-order valence-electron chi connectivity index (χ0n) is 10.6. The molecule has 0 unspecified atom stereocenters. The Kier molecular flexibility index (Phi) is 3.87. The molecule has 0 radical (unpaired) electrons. The summed E-state index contributed by atoms with van der Waals surface area (Å²) in [5.74, 6) is -0.783. The predicted octanol–water partition coefficient (Wildman–Crippen LogP) is 6.99. The topological polar surface area (TPSA) is 12.9 Å². The fraction of sp³-hybridized carbons (Fsp3) is 0. The molecule has 1 aromatic heterocycles. The average molecular weight is 421 g/mol. The van der Waals surface area contributed by atoms with Crippen molar-refractivity contribution in [2.45, 2.75) is 5.03 Å². The van der Waals surface area contributed by atoms with E-state index in [1.165, 1.54) is 6.07 Å². The number of pyridine rings is 1. The molecule has 9 heteroatoms. The molecule has 0 aliphatic carbocycles. The van der Waals surface area contributed by atoms with Crippen LogP contribution >= 0.6 is 37.4 Å². The minimum absolute atomic E-state index is 0.268. The largest absolute Gasteiger partial charge is 0.242 e. The van der Waals surface area contributed by atoms with Crippen LogP contribution in [0.4, 0.5) is 19.9 Å². The van der Waals surface area contributed by atoms with E-state index in [4.69, 9.17) is 11.6 Å². The minimum Gasteiger partial charge on any atom is -0.242 e. The summed E-state index contributed by atoms with van der Waals surface area (Å²) in [6.45, 7) is 0. The highest BCUT2D eigenvalue weighted by atomic mass is 79.9. The van der Waals surface area contributed by atoms with Gasteiger partial charge in [-0.3, -0.25) is 0 Å². The third-order valence-corrected chi connectivity index (χ3v) is 5.33. The van der Waals surface area contributed by atoms with E-state index in [-0.39, 0.29) is 10.0 Å². The van der Waals surface area contributed by atoms with Crippen molar-refractivity contribution < 1.29 is 19.9 Å². The van der Waals surface area contributed by atoms with E-state index in [9.17, 15) is 19.9 Å². The van der Waals surface area contributed by atoms with Gasteiger partial charge in [0.25, 0.3) is 0 Å². The molecule has 0 saturated heterocycles. The molecule has 0 amide bonds. The van der Waals surface area contributed by atoms with Crippen LogP contribution in [-0.2, 0) is 0 Å². The van der Waals surface area contributed by atoms with Crippen molar-refractivity contribution in [3.63, 3.8) is 0 Å². The second-order valence-electron chi connectivity index (χ2n) is 4.42. The molecular formula is C13H8BrClF5NS. The number of benzene rings is 1. The van der Waals surface area contributed by atoms with Crippen molar-refractivity contribution >= 4 is 42.4 Å². The van der Waals surface area contributed by atoms with Gasteiger partial charge in [0.2, 0.25) is 9.84 Å². The third-order valence-electron chi connectivity index (χ3n) is 2.58. The van der Waals surface area contributed by atoms with Crippen LogP contribution in [0.3, 0.4) is 0 Å². The second-order valence-corrected chi connectivity index (χ2v) is 8.67. The number of hydrogen-bond donors (Lipinski definition) is 0. The van der Waals surface area contributed by atoms with Crippen LogP contribution in [0.1, 0.15) is 5.56 Å². The number of nitrogens with zero attached hydrogens (tertiary/aromatic N) is 1. The van der Waals surface area contributed by atoms with Gasteiger partial charge in [0.15, 0.2) is 5.03 Å². The number of aromatic nitrogens is 1. The van der Waals surface area contributed by atoms with E-state index < -0.39 is 31.1 Å². The Morgan fingerprint density at radius 2 is 1.82 bits per heavy atom. The van der Waals surface area contributed by atoms with Crippen LogP contribution < -0.4 is 0 Å². The Morgan fingerprint density at radius 1 is 1.14 bits per heavy atom. The van der Waals surface area contributed by atoms with Crippen LogP contribution in [-0.4, -0.2) is 4.98 Å². The summed E-state index contributed by atoms with van der Waals surface area (Å²) in [4.78, 5) is 3.09. The van der Waals surface area contributed by atoms with Crippen molar-refractivity contribution in [3.8, 4) is 0 Å². The van der Waals surface area contributed by atoms with Crippen LogP contribution in [0, 0.1) is 5.82 Å². The van der Waals surface area contributed by atoms with Crippen LogP contribution in [0.5, 0.6) is 0 Å². The molecule has 1 heterocycles. The summed E-state index contributed by atoms with van der Waals surface area (Å²) in [7, 11) is -8.84. The lowest BCUT2D eigenvalue weighted by Gasteiger charge is -2.46. The number of rotatable bonds is 3. The van der Waals surface area contributed by atoms with E-state index in [0.29, 0.717) is 6.07 Å². The highest BCUT2D eigenvalue weighted by molar-refractivity contribution is 9.10. The first-order valence-electron chi connectivity index (χ1n) is 5.67. The summed E-state index contributed by atoms with van der Waals surface area (Å²) in [5, 5.41) is -3.26. The minimum atomic E-state index is -8.84. The van der Waals surface area contributed by atoms with Crippen LogP contribution in [0.2, 0.25) is 0 Å². The Labute approximate surface area is 136 Å². The third kappa shape index (κ3) is 3.80. The maximum absolute atomic E-state index is 14.2. The quantitative estimate of drug-likeness (QED) is 0.487. The standard InChI is InChI=1S/C13H8BrClF5NS/c14-10-4-5-13(21-7-10)22(17,18,19,20)8-12(15)9-2-1-3-11(16)6-9/h1-8H/b12-8+. The first-order chi connectivity index (χ1) is 9.90. The molecule has 1 aromatic carbocycles. The first-order valence-corrected chi connectivity index (χ1v) is 8.95. The van der Waals surface area contributed by atoms with Crippen LogP contribution in [0.25, 0.3) is 5.03 Å². The molecule has 1 nitrogen and oxygen atoms in total. The molecule has 0 saturated carbocycles. The molecule has 0 atom stereocenters. The Bertz CT molecular complexity index is 757. The zero-order valence-corrected chi connectivity index (χ0v) is 13.8. The Morgan fingerprint density at radius 3 is 2.36 bits per heavy atom. The van der Waals surface area contributed by atoms with Gasteiger partial charge in [0.05, 0.1) is 10.4 Å². The summed E-state index contributed by atoms with van der Waals surface area (Å²) in [6.07, 6.45) is 0.831. The fourth-order valence-electron chi connectivity index (χ4n) is 1.59. The van der Waals surface area contributed by atoms with Crippen molar-refractivity contribution in [2.75, 3.05) is 0 Å². The highest BCUT2D eigenvalue weighted by Gasteiger charge is 2.64. The average Bonchev–Trinajstić information content (AvgIpc) is 2.37. The Balaban J connectivity index is 2.60. The molecule has 120 valence electrons. The summed E-state index contributed by atoms with van der Waals surface area (Å²) in [6, 6.07) is 5.66. The molecular weight excluding hydrogens is 413 g/mol. The summed E-state index contributed by atoms with van der Waals surface area (Å²) in [5.41, 5.74) is -0.283. The highest BCUT2D eigenvalue weighted by Crippen LogP contribution is 3.01. The summed E-state index contributed by atoms with van der Waals surface area (Å²) >= 11 is 8.47.